The molecule has 3 nitrogen and oxygen atoms in total. The van der Waals surface area contributed by atoms with Crippen LogP contribution in [0.1, 0.15) is 13.3 Å². The summed E-state index contributed by atoms with van der Waals surface area (Å²) in [6.07, 6.45) is 4.35. The van der Waals surface area contributed by atoms with E-state index < -0.39 is 0 Å². The Morgan fingerprint density at radius 2 is 2.40 bits per heavy atom. The van der Waals surface area contributed by atoms with Crippen molar-refractivity contribution in [2.75, 3.05) is 18.0 Å². The minimum absolute atomic E-state index is 0.511. The fourth-order valence-electron chi connectivity index (χ4n) is 1.75. The lowest BCUT2D eigenvalue weighted by Gasteiger charge is -2.35. The fourth-order valence-corrected chi connectivity index (χ4v) is 2.59. The molecule has 0 aromatic carbocycles. The predicted octanol–water partition coefficient (Wildman–Crippen LogP) is 2.74. The molecule has 1 fully saturated rings. The van der Waals surface area contributed by atoms with Crippen molar-refractivity contribution in [3.63, 3.8) is 0 Å². The molecule has 2 unspecified atom stereocenters. The molecule has 1 saturated heterocycles. The van der Waals surface area contributed by atoms with Gasteiger partial charge in [0.05, 0.1) is 6.20 Å². The van der Waals surface area contributed by atoms with Crippen molar-refractivity contribution >= 4 is 33.3 Å². The Bertz CT molecular complexity index is 347. The van der Waals surface area contributed by atoms with E-state index >= 15 is 0 Å². The van der Waals surface area contributed by atoms with Crippen LogP contribution in [0.2, 0.25) is 5.02 Å². The van der Waals surface area contributed by atoms with Gasteiger partial charge in [0.2, 0.25) is 0 Å². The third-order valence-corrected chi connectivity index (χ3v) is 4.27. The van der Waals surface area contributed by atoms with Crippen LogP contribution >= 0.6 is 27.5 Å². The Hall–Kier alpha value is -0.350. The van der Waals surface area contributed by atoms with Crippen molar-refractivity contribution in [2.24, 2.45) is 5.92 Å². The number of hydrogen-bond acceptors (Lipinski definition) is 3. The van der Waals surface area contributed by atoms with Gasteiger partial charge in [0, 0.05) is 17.9 Å². The quantitative estimate of drug-likeness (QED) is 0.745. The van der Waals surface area contributed by atoms with Crippen molar-refractivity contribution in [3.05, 3.63) is 17.5 Å². The van der Waals surface area contributed by atoms with Gasteiger partial charge in [0.15, 0.2) is 5.82 Å². The molecule has 0 radical (unpaired) electrons. The Morgan fingerprint density at radius 3 is 3.07 bits per heavy atom. The van der Waals surface area contributed by atoms with Gasteiger partial charge >= 0.3 is 0 Å². The fraction of sp³-hybridized carbons (Fsp3) is 0.600. The molecule has 2 rings (SSSR count). The normalized spacial score (nSPS) is 26.7. The van der Waals surface area contributed by atoms with Crippen LogP contribution in [0.15, 0.2) is 12.5 Å². The maximum Gasteiger partial charge on any atom is 0.150 e. The van der Waals surface area contributed by atoms with E-state index in [-0.39, 0.29) is 0 Å². The Morgan fingerprint density at radius 1 is 1.60 bits per heavy atom. The molecule has 0 spiro atoms. The van der Waals surface area contributed by atoms with Crippen LogP contribution in [-0.4, -0.2) is 27.9 Å². The van der Waals surface area contributed by atoms with Crippen LogP contribution in [-0.2, 0) is 0 Å². The largest absolute Gasteiger partial charge is 0.354 e. The number of halogens is 2. The average Bonchev–Trinajstić information content (AvgIpc) is 2.23. The predicted molar refractivity (Wildman–Crippen MR) is 65.8 cm³/mol. The van der Waals surface area contributed by atoms with Gasteiger partial charge in [-0.2, -0.15) is 0 Å². The lowest BCUT2D eigenvalue weighted by Crippen LogP contribution is -2.40. The summed E-state index contributed by atoms with van der Waals surface area (Å²) in [5.74, 6) is 1.56. The third kappa shape index (κ3) is 2.42. The van der Waals surface area contributed by atoms with Gasteiger partial charge in [-0.05, 0) is 12.3 Å². The molecule has 15 heavy (non-hydrogen) atoms. The molecular formula is C10H13BrClN3. The number of anilines is 1. The summed E-state index contributed by atoms with van der Waals surface area (Å²) in [4.78, 5) is 10.8. The maximum absolute atomic E-state index is 6.06. The number of alkyl halides is 1. The van der Waals surface area contributed by atoms with Crippen LogP contribution in [0.3, 0.4) is 0 Å². The highest BCUT2D eigenvalue weighted by atomic mass is 79.9. The minimum Gasteiger partial charge on any atom is -0.354 e. The van der Waals surface area contributed by atoms with E-state index in [4.69, 9.17) is 11.6 Å². The van der Waals surface area contributed by atoms with E-state index in [0.717, 1.165) is 25.3 Å². The van der Waals surface area contributed by atoms with Gasteiger partial charge in [-0.1, -0.05) is 34.5 Å². The van der Waals surface area contributed by atoms with Crippen molar-refractivity contribution in [2.45, 2.75) is 18.2 Å². The van der Waals surface area contributed by atoms with E-state index in [9.17, 15) is 0 Å². The highest BCUT2D eigenvalue weighted by Crippen LogP contribution is 2.29. The standard InChI is InChI=1S/C10H13BrClN3/c1-7-2-3-15(5-8(7)11)10-9(12)4-13-6-14-10/h4,6-8H,2-3,5H2,1H3. The first-order valence-electron chi connectivity index (χ1n) is 5.03. The lowest BCUT2D eigenvalue weighted by molar-refractivity contribution is 0.454. The molecule has 2 atom stereocenters. The Kier molecular flexibility index (Phi) is 3.46. The van der Waals surface area contributed by atoms with Gasteiger partial charge in [0.1, 0.15) is 11.3 Å². The summed E-state index contributed by atoms with van der Waals surface area (Å²) in [7, 11) is 0. The summed E-state index contributed by atoms with van der Waals surface area (Å²) < 4.78 is 0. The van der Waals surface area contributed by atoms with E-state index in [2.05, 4.69) is 37.7 Å². The second-order valence-corrected chi connectivity index (χ2v) is 5.51. The van der Waals surface area contributed by atoms with Gasteiger partial charge in [-0.15, -0.1) is 0 Å². The van der Waals surface area contributed by atoms with Gasteiger partial charge < -0.3 is 4.90 Å². The molecule has 0 amide bonds. The monoisotopic (exact) mass is 289 g/mol. The summed E-state index contributed by atoms with van der Waals surface area (Å²) >= 11 is 9.75. The first-order chi connectivity index (χ1) is 7.18. The van der Waals surface area contributed by atoms with E-state index in [1.807, 2.05) is 0 Å². The summed E-state index contributed by atoms with van der Waals surface area (Å²) in [5, 5.41) is 0.631. The molecule has 82 valence electrons. The second-order valence-electron chi connectivity index (χ2n) is 3.92. The molecule has 1 aliphatic rings. The minimum atomic E-state index is 0.511. The first kappa shape index (κ1) is 11.1. The van der Waals surface area contributed by atoms with Gasteiger partial charge in [-0.3, -0.25) is 0 Å². The van der Waals surface area contributed by atoms with E-state index in [1.165, 1.54) is 0 Å². The molecule has 1 aromatic rings. The van der Waals surface area contributed by atoms with Crippen LogP contribution in [0.25, 0.3) is 0 Å². The van der Waals surface area contributed by atoms with Crippen molar-refractivity contribution in [3.8, 4) is 0 Å². The number of rotatable bonds is 1. The average molecular weight is 291 g/mol. The van der Waals surface area contributed by atoms with Gasteiger partial charge in [-0.25, -0.2) is 9.97 Å². The van der Waals surface area contributed by atoms with Crippen LogP contribution in [0, 0.1) is 5.92 Å². The van der Waals surface area contributed by atoms with Crippen molar-refractivity contribution < 1.29 is 0 Å². The molecule has 0 saturated carbocycles. The molecule has 1 aromatic heterocycles. The summed E-state index contributed by atoms with van der Waals surface area (Å²) in [5.41, 5.74) is 0. The van der Waals surface area contributed by atoms with Crippen LogP contribution in [0.5, 0.6) is 0 Å². The zero-order valence-corrected chi connectivity index (χ0v) is 10.9. The third-order valence-electron chi connectivity index (χ3n) is 2.81. The highest BCUT2D eigenvalue weighted by Gasteiger charge is 2.25. The Labute approximate surface area is 103 Å². The summed E-state index contributed by atoms with van der Waals surface area (Å²) in [6, 6.07) is 0. The van der Waals surface area contributed by atoms with Crippen molar-refractivity contribution in [1.82, 2.24) is 9.97 Å². The first-order valence-corrected chi connectivity index (χ1v) is 6.32. The molecule has 0 aliphatic carbocycles. The molecule has 5 heteroatoms. The molecular weight excluding hydrogens is 277 g/mol. The summed E-state index contributed by atoms with van der Waals surface area (Å²) in [6.45, 7) is 4.23. The topological polar surface area (TPSA) is 29.0 Å². The molecule has 0 bridgehead atoms. The van der Waals surface area contributed by atoms with E-state index in [1.54, 1.807) is 12.5 Å². The number of nitrogens with zero attached hydrogens (tertiary/aromatic N) is 3. The smallest absolute Gasteiger partial charge is 0.150 e. The molecule has 0 N–H and O–H groups in total. The molecule has 2 heterocycles. The zero-order chi connectivity index (χ0) is 10.8. The number of piperidine rings is 1. The second kappa shape index (κ2) is 4.66. The van der Waals surface area contributed by atoms with Gasteiger partial charge in [0.25, 0.3) is 0 Å². The lowest BCUT2D eigenvalue weighted by atomic mass is 9.99. The number of hydrogen-bond donors (Lipinski definition) is 0. The molecule has 1 aliphatic heterocycles. The zero-order valence-electron chi connectivity index (χ0n) is 8.53. The maximum atomic E-state index is 6.06. The number of aromatic nitrogens is 2. The SMILES string of the molecule is CC1CCN(c2ncncc2Cl)CC1Br. The van der Waals surface area contributed by atoms with Crippen molar-refractivity contribution in [1.29, 1.82) is 0 Å². The van der Waals surface area contributed by atoms with Crippen LogP contribution < -0.4 is 4.90 Å². The Balaban J connectivity index is 2.15. The van der Waals surface area contributed by atoms with Crippen LogP contribution in [0.4, 0.5) is 5.82 Å². The van der Waals surface area contributed by atoms with E-state index in [0.29, 0.717) is 15.8 Å². The highest BCUT2D eigenvalue weighted by molar-refractivity contribution is 9.09.